The van der Waals surface area contributed by atoms with Gasteiger partial charge in [0.25, 0.3) is 5.91 Å². The molecule has 0 aliphatic rings. The maximum absolute atomic E-state index is 12.9. The van der Waals surface area contributed by atoms with E-state index in [0.717, 1.165) is 17.7 Å². The molecule has 0 spiro atoms. The number of para-hydroxylation sites is 1. The quantitative estimate of drug-likeness (QED) is 0.330. The number of hydrogen-bond acceptors (Lipinski definition) is 4. The SMILES string of the molecule is O=C(/C=C/c1ccccc1)Nc1c(C(=O)Nc2ccc(OC(F)(F)F)cc2)oc2ccccc12. The normalized spacial score (nSPS) is 11.5. The summed E-state index contributed by atoms with van der Waals surface area (Å²) in [5, 5.41) is 5.74. The molecule has 0 saturated heterocycles. The third kappa shape index (κ3) is 5.63. The summed E-state index contributed by atoms with van der Waals surface area (Å²) in [6, 6.07) is 20.6. The van der Waals surface area contributed by atoms with Crippen molar-refractivity contribution in [1.29, 1.82) is 0 Å². The van der Waals surface area contributed by atoms with Crippen LogP contribution in [-0.2, 0) is 4.79 Å². The number of fused-ring (bicyclic) bond motifs is 1. The number of carbonyl (C=O) groups is 2. The lowest BCUT2D eigenvalue weighted by molar-refractivity contribution is -0.274. The van der Waals surface area contributed by atoms with Crippen LogP contribution in [-0.4, -0.2) is 18.2 Å². The first-order chi connectivity index (χ1) is 16.3. The molecule has 4 rings (SSSR count). The molecular formula is C25H17F3N2O4. The van der Waals surface area contributed by atoms with Gasteiger partial charge in [-0.2, -0.15) is 0 Å². The maximum Gasteiger partial charge on any atom is 0.573 e. The van der Waals surface area contributed by atoms with Crippen LogP contribution in [0.3, 0.4) is 0 Å². The first-order valence-electron chi connectivity index (χ1n) is 10.0. The Labute approximate surface area is 191 Å². The number of nitrogens with one attached hydrogen (secondary N) is 2. The zero-order valence-electron chi connectivity index (χ0n) is 17.4. The van der Waals surface area contributed by atoms with E-state index in [1.54, 1.807) is 30.3 Å². The average molecular weight is 466 g/mol. The van der Waals surface area contributed by atoms with Crippen molar-refractivity contribution in [1.82, 2.24) is 0 Å². The van der Waals surface area contributed by atoms with Crippen LogP contribution in [0.4, 0.5) is 24.5 Å². The van der Waals surface area contributed by atoms with Crippen molar-refractivity contribution in [2.45, 2.75) is 6.36 Å². The lowest BCUT2D eigenvalue weighted by atomic mass is 10.2. The highest BCUT2D eigenvalue weighted by atomic mass is 19.4. The molecule has 0 radical (unpaired) electrons. The molecule has 0 aliphatic carbocycles. The zero-order chi connectivity index (χ0) is 24.1. The van der Waals surface area contributed by atoms with Gasteiger partial charge in [-0.15, -0.1) is 13.2 Å². The second kappa shape index (κ2) is 9.53. The molecule has 2 amide bonds. The topological polar surface area (TPSA) is 80.6 Å². The molecule has 0 aliphatic heterocycles. The number of ether oxygens (including phenoxy) is 1. The predicted molar refractivity (Wildman–Crippen MR) is 121 cm³/mol. The van der Waals surface area contributed by atoms with Gasteiger partial charge in [0, 0.05) is 17.1 Å². The summed E-state index contributed by atoms with van der Waals surface area (Å²) in [5.41, 5.74) is 1.59. The molecule has 0 fully saturated rings. The molecule has 0 bridgehead atoms. The fraction of sp³-hybridized carbons (Fsp3) is 0.0400. The molecule has 2 N–H and O–H groups in total. The Morgan fingerprint density at radius 3 is 2.24 bits per heavy atom. The minimum absolute atomic E-state index is 0.154. The van der Waals surface area contributed by atoms with Crippen LogP contribution in [0.25, 0.3) is 17.0 Å². The number of furan rings is 1. The zero-order valence-corrected chi connectivity index (χ0v) is 17.4. The Morgan fingerprint density at radius 2 is 1.53 bits per heavy atom. The third-order valence-corrected chi connectivity index (χ3v) is 4.62. The van der Waals surface area contributed by atoms with Gasteiger partial charge in [0.05, 0.1) is 0 Å². The van der Waals surface area contributed by atoms with Crippen molar-refractivity contribution in [3.63, 3.8) is 0 Å². The molecule has 3 aromatic carbocycles. The molecule has 172 valence electrons. The van der Waals surface area contributed by atoms with Crippen LogP contribution >= 0.6 is 0 Å². The summed E-state index contributed by atoms with van der Waals surface area (Å²) in [7, 11) is 0. The van der Waals surface area contributed by atoms with E-state index >= 15 is 0 Å². The van der Waals surface area contributed by atoms with E-state index in [1.807, 2.05) is 30.3 Å². The van der Waals surface area contributed by atoms with Gasteiger partial charge in [-0.3, -0.25) is 9.59 Å². The van der Waals surface area contributed by atoms with E-state index in [1.165, 1.54) is 18.2 Å². The van der Waals surface area contributed by atoms with E-state index < -0.39 is 23.9 Å². The summed E-state index contributed by atoms with van der Waals surface area (Å²) in [4.78, 5) is 25.4. The summed E-state index contributed by atoms with van der Waals surface area (Å²) in [5.74, 6) is -1.74. The molecular weight excluding hydrogens is 449 g/mol. The number of amides is 2. The van der Waals surface area contributed by atoms with Gasteiger partial charge in [0.15, 0.2) is 0 Å². The molecule has 1 aromatic heterocycles. The molecule has 0 atom stereocenters. The summed E-state index contributed by atoms with van der Waals surface area (Å²) in [6.45, 7) is 0. The summed E-state index contributed by atoms with van der Waals surface area (Å²) < 4.78 is 46.5. The van der Waals surface area contributed by atoms with Crippen LogP contribution in [0.1, 0.15) is 16.1 Å². The summed E-state index contributed by atoms with van der Waals surface area (Å²) in [6.07, 6.45) is -1.86. The van der Waals surface area contributed by atoms with Gasteiger partial charge in [-0.05, 0) is 48.0 Å². The van der Waals surface area contributed by atoms with Crippen molar-refractivity contribution < 1.29 is 31.9 Å². The fourth-order valence-corrected chi connectivity index (χ4v) is 3.16. The minimum atomic E-state index is -4.82. The first-order valence-corrected chi connectivity index (χ1v) is 10.0. The lowest BCUT2D eigenvalue weighted by Gasteiger charge is -2.10. The van der Waals surface area contributed by atoms with Crippen molar-refractivity contribution in [2.75, 3.05) is 10.6 Å². The molecule has 0 unspecified atom stereocenters. The molecule has 34 heavy (non-hydrogen) atoms. The minimum Gasteiger partial charge on any atom is -0.449 e. The molecule has 0 saturated carbocycles. The van der Waals surface area contributed by atoms with E-state index in [-0.39, 0.29) is 17.1 Å². The van der Waals surface area contributed by atoms with Gasteiger partial charge in [0.1, 0.15) is 17.0 Å². The molecule has 6 nitrogen and oxygen atoms in total. The number of benzene rings is 3. The number of rotatable bonds is 6. The Balaban J connectivity index is 1.55. The van der Waals surface area contributed by atoms with Gasteiger partial charge in [-0.1, -0.05) is 42.5 Å². The monoisotopic (exact) mass is 466 g/mol. The average Bonchev–Trinajstić information content (AvgIpc) is 3.17. The van der Waals surface area contributed by atoms with Crippen LogP contribution in [0.15, 0.2) is 89.4 Å². The molecule has 1 heterocycles. The van der Waals surface area contributed by atoms with Gasteiger partial charge in [-0.25, -0.2) is 0 Å². The fourth-order valence-electron chi connectivity index (χ4n) is 3.16. The van der Waals surface area contributed by atoms with E-state index in [4.69, 9.17) is 4.42 Å². The predicted octanol–water partition coefficient (Wildman–Crippen LogP) is 6.24. The Morgan fingerprint density at radius 1 is 0.853 bits per heavy atom. The van der Waals surface area contributed by atoms with Crippen molar-refractivity contribution in [2.24, 2.45) is 0 Å². The number of hydrogen-bond donors (Lipinski definition) is 2. The number of anilines is 2. The Hall–Kier alpha value is -4.53. The lowest BCUT2D eigenvalue weighted by Crippen LogP contribution is -2.17. The standard InChI is InChI=1S/C25H17F3N2O4/c26-25(27,28)34-18-13-11-17(12-14-18)29-24(32)23-22(19-8-4-5-9-20(19)33-23)30-21(31)15-10-16-6-2-1-3-7-16/h1-15H,(H,29,32)(H,30,31)/b15-10+. The van der Waals surface area contributed by atoms with E-state index in [9.17, 15) is 22.8 Å². The Bertz CT molecular complexity index is 1340. The summed E-state index contributed by atoms with van der Waals surface area (Å²) >= 11 is 0. The van der Waals surface area contributed by atoms with Gasteiger partial charge in [0.2, 0.25) is 11.7 Å². The second-order valence-electron chi connectivity index (χ2n) is 7.06. The van der Waals surface area contributed by atoms with Crippen LogP contribution < -0.4 is 15.4 Å². The van der Waals surface area contributed by atoms with Gasteiger partial charge < -0.3 is 19.8 Å². The maximum atomic E-state index is 12.9. The third-order valence-electron chi connectivity index (χ3n) is 4.62. The van der Waals surface area contributed by atoms with Crippen LogP contribution in [0.2, 0.25) is 0 Å². The highest BCUT2D eigenvalue weighted by Crippen LogP contribution is 2.32. The highest BCUT2D eigenvalue weighted by Gasteiger charge is 2.31. The highest BCUT2D eigenvalue weighted by molar-refractivity contribution is 6.16. The smallest absolute Gasteiger partial charge is 0.449 e. The van der Waals surface area contributed by atoms with E-state index in [2.05, 4.69) is 15.4 Å². The van der Waals surface area contributed by atoms with Crippen molar-refractivity contribution >= 4 is 40.2 Å². The van der Waals surface area contributed by atoms with Crippen LogP contribution in [0, 0.1) is 0 Å². The molecule has 4 aromatic rings. The first kappa shape index (κ1) is 22.7. The van der Waals surface area contributed by atoms with Crippen LogP contribution in [0.5, 0.6) is 5.75 Å². The van der Waals surface area contributed by atoms with Crippen molar-refractivity contribution in [3.05, 3.63) is 96.3 Å². The number of alkyl halides is 3. The van der Waals surface area contributed by atoms with Crippen molar-refractivity contribution in [3.8, 4) is 5.75 Å². The second-order valence-corrected chi connectivity index (χ2v) is 7.06. The Kier molecular flexibility index (Phi) is 6.35. The number of carbonyl (C=O) groups excluding carboxylic acids is 2. The van der Waals surface area contributed by atoms with E-state index in [0.29, 0.717) is 11.0 Å². The molecule has 9 heteroatoms. The number of halogens is 3. The largest absolute Gasteiger partial charge is 0.573 e. The van der Waals surface area contributed by atoms with Gasteiger partial charge >= 0.3 is 6.36 Å².